The van der Waals surface area contributed by atoms with Crippen molar-refractivity contribution < 1.29 is 63.0 Å². The van der Waals surface area contributed by atoms with Crippen LogP contribution in [-0.4, -0.2) is 93.5 Å². The highest BCUT2D eigenvalue weighted by Gasteiger charge is 2.95. The van der Waals surface area contributed by atoms with E-state index < -0.39 is 83.2 Å². The van der Waals surface area contributed by atoms with Gasteiger partial charge in [-0.1, -0.05) is 13.8 Å². The molecule has 0 aromatic heterocycles. The van der Waals surface area contributed by atoms with Crippen LogP contribution in [0.2, 0.25) is 0 Å². The Balaban J connectivity index is 1.31. The van der Waals surface area contributed by atoms with Crippen LogP contribution in [0.15, 0.2) is 11.1 Å². The molecule has 0 amide bonds. The first kappa shape index (κ1) is 28.1. The SMILES string of the molecule is CC(COC(=O)CCC(=O)O)[C@]12O[C@H]1[C@@H]1O[C@@]13[C@@]1(C)CCC4=C(COC4=O)[C@@H]1CC[C@@]3(O)[C@@H]2OC(=O)CCC(=O)O. The number of carboxylic acid groups (broad SMARTS) is 2. The van der Waals surface area contributed by atoms with Gasteiger partial charge in [0, 0.05) is 16.9 Å². The zero-order chi connectivity index (χ0) is 29.5. The standard InChI is InChI=1S/C28H34O13/c1-13(11-37-19(33)5-3-17(29)30)27-21(40-27)22-28(41-22)25(2)9-7-14-15(12-38-23(14)35)16(25)8-10-26(28,36)24(27)39-20(34)6-4-18(31)32/h13,16,21-22,24,36H,3-12H2,1-2H3,(H,29,30)(H,31,32)/t13?,16-,21-,22-,24-,25-,26+,27-,28+/m0/s1. The Morgan fingerprint density at radius 2 is 1.68 bits per heavy atom. The average molecular weight is 579 g/mol. The highest BCUT2D eigenvalue weighted by atomic mass is 16.7. The first-order chi connectivity index (χ1) is 19.3. The molecule has 0 radical (unpaired) electrons. The van der Waals surface area contributed by atoms with Gasteiger partial charge in [-0.15, -0.1) is 0 Å². The minimum Gasteiger partial charge on any atom is -0.481 e. The van der Waals surface area contributed by atoms with Crippen LogP contribution in [0.5, 0.6) is 0 Å². The Hall–Kier alpha value is -3.03. The predicted molar refractivity (Wildman–Crippen MR) is 132 cm³/mol. The van der Waals surface area contributed by atoms with E-state index in [0.717, 1.165) is 5.57 Å². The van der Waals surface area contributed by atoms with E-state index in [-0.39, 0.29) is 44.4 Å². The van der Waals surface area contributed by atoms with Gasteiger partial charge >= 0.3 is 29.8 Å². The number of aliphatic hydroxyl groups is 1. The number of hydrogen-bond acceptors (Lipinski definition) is 11. The third-order valence-electron chi connectivity index (χ3n) is 10.5. The second-order valence-corrected chi connectivity index (χ2v) is 12.4. The average Bonchev–Trinajstić information content (AvgIpc) is 3.81. The lowest BCUT2D eigenvalue weighted by Gasteiger charge is -2.59. The molecule has 0 aromatic carbocycles. The van der Waals surface area contributed by atoms with Crippen molar-refractivity contribution in [2.45, 2.75) is 100 Å². The van der Waals surface area contributed by atoms with Gasteiger partial charge < -0.3 is 39.0 Å². The summed E-state index contributed by atoms with van der Waals surface area (Å²) in [5.41, 5.74) is -3.13. The molecule has 6 rings (SSSR count). The number of epoxide rings is 2. The Labute approximate surface area is 235 Å². The number of rotatable bonds is 10. The molecule has 3 aliphatic carbocycles. The highest BCUT2D eigenvalue weighted by molar-refractivity contribution is 5.92. The van der Waals surface area contributed by atoms with Crippen LogP contribution < -0.4 is 0 Å². The van der Waals surface area contributed by atoms with E-state index in [1.54, 1.807) is 6.92 Å². The maximum absolute atomic E-state index is 12.9. The molecule has 2 saturated heterocycles. The minimum absolute atomic E-state index is 0.0924. The molecule has 1 spiro atoms. The monoisotopic (exact) mass is 578 g/mol. The van der Waals surface area contributed by atoms with Crippen molar-refractivity contribution >= 4 is 29.8 Å². The van der Waals surface area contributed by atoms with Crippen LogP contribution in [0.1, 0.15) is 65.2 Å². The van der Waals surface area contributed by atoms with E-state index in [1.807, 2.05) is 6.92 Å². The largest absolute Gasteiger partial charge is 0.481 e. The van der Waals surface area contributed by atoms with Gasteiger partial charge in [0.25, 0.3) is 0 Å². The van der Waals surface area contributed by atoms with Gasteiger partial charge in [0.2, 0.25) is 0 Å². The minimum atomic E-state index is -1.71. The summed E-state index contributed by atoms with van der Waals surface area (Å²) in [5, 5.41) is 30.6. The second kappa shape index (κ2) is 9.23. The van der Waals surface area contributed by atoms with Crippen molar-refractivity contribution in [1.29, 1.82) is 0 Å². The number of carboxylic acids is 2. The topological polar surface area (TPSA) is 199 Å². The molecule has 6 aliphatic rings. The maximum Gasteiger partial charge on any atom is 0.334 e. The molecular formula is C28H34O13. The predicted octanol–water partition coefficient (Wildman–Crippen LogP) is 0.891. The Morgan fingerprint density at radius 3 is 2.37 bits per heavy atom. The summed E-state index contributed by atoms with van der Waals surface area (Å²) in [6.45, 7) is 3.79. The van der Waals surface area contributed by atoms with Crippen LogP contribution in [0.4, 0.5) is 0 Å². The number of aliphatic carboxylic acids is 2. The summed E-state index contributed by atoms with van der Waals surface area (Å²) in [7, 11) is 0. The summed E-state index contributed by atoms with van der Waals surface area (Å²) >= 11 is 0. The molecule has 2 saturated carbocycles. The second-order valence-electron chi connectivity index (χ2n) is 12.4. The Bertz CT molecular complexity index is 1260. The zero-order valence-corrected chi connectivity index (χ0v) is 22.9. The van der Waals surface area contributed by atoms with Crippen molar-refractivity contribution in [2.75, 3.05) is 13.2 Å². The summed E-state index contributed by atoms with van der Waals surface area (Å²) in [6.07, 6.45) is -2.29. The van der Waals surface area contributed by atoms with Crippen molar-refractivity contribution in [2.24, 2.45) is 17.3 Å². The molecule has 1 unspecified atom stereocenters. The number of esters is 3. The van der Waals surface area contributed by atoms with E-state index >= 15 is 0 Å². The fourth-order valence-corrected chi connectivity index (χ4v) is 8.46. The van der Waals surface area contributed by atoms with Crippen LogP contribution >= 0.6 is 0 Å². The number of carbonyl (C=O) groups excluding carboxylic acids is 3. The molecule has 3 N–H and O–H groups in total. The smallest absolute Gasteiger partial charge is 0.334 e. The highest BCUT2D eigenvalue weighted by Crippen LogP contribution is 2.78. The Morgan fingerprint density at radius 1 is 1.00 bits per heavy atom. The van der Waals surface area contributed by atoms with Crippen molar-refractivity contribution in [3.63, 3.8) is 0 Å². The van der Waals surface area contributed by atoms with Gasteiger partial charge in [-0.25, -0.2) is 4.79 Å². The van der Waals surface area contributed by atoms with Crippen molar-refractivity contribution in [3.05, 3.63) is 11.1 Å². The van der Waals surface area contributed by atoms with E-state index in [1.165, 1.54) is 0 Å². The third-order valence-corrected chi connectivity index (χ3v) is 10.5. The van der Waals surface area contributed by atoms with Gasteiger partial charge in [-0.2, -0.15) is 0 Å². The summed E-state index contributed by atoms with van der Waals surface area (Å²) < 4.78 is 29.4. The number of fused-ring (bicyclic) bond motifs is 4. The lowest BCUT2D eigenvalue weighted by atomic mass is 9.45. The molecule has 3 heterocycles. The molecule has 0 bridgehead atoms. The molecule has 41 heavy (non-hydrogen) atoms. The van der Waals surface area contributed by atoms with Crippen LogP contribution in [-0.2, 0) is 47.7 Å². The quantitative estimate of drug-likeness (QED) is 0.188. The van der Waals surface area contributed by atoms with Gasteiger partial charge in [-0.3, -0.25) is 19.2 Å². The maximum atomic E-state index is 12.9. The lowest BCUT2D eigenvalue weighted by molar-refractivity contribution is -0.232. The van der Waals surface area contributed by atoms with E-state index in [2.05, 4.69) is 0 Å². The molecular weight excluding hydrogens is 544 g/mol. The van der Waals surface area contributed by atoms with E-state index in [0.29, 0.717) is 24.8 Å². The molecule has 9 atom stereocenters. The number of ether oxygens (including phenoxy) is 5. The van der Waals surface area contributed by atoms with Crippen LogP contribution in [0.3, 0.4) is 0 Å². The zero-order valence-electron chi connectivity index (χ0n) is 22.9. The number of carbonyl (C=O) groups is 5. The van der Waals surface area contributed by atoms with E-state index in [4.69, 9.17) is 33.9 Å². The number of hydrogen-bond donors (Lipinski definition) is 3. The fraction of sp³-hybridized carbons (Fsp3) is 0.750. The molecule has 13 nitrogen and oxygen atoms in total. The molecule has 0 aromatic rings. The molecule has 3 aliphatic heterocycles. The normalized spacial score (nSPS) is 41.9. The van der Waals surface area contributed by atoms with Crippen LogP contribution in [0, 0.1) is 17.3 Å². The lowest BCUT2D eigenvalue weighted by Crippen LogP contribution is -2.74. The summed E-state index contributed by atoms with van der Waals surface area (Å²) in [5.74, 6) is -4.80. The van der Waals surface area contributed by atoms with Crippen molar-refractivity contribution in [3.8, 4) is 0 Å². The Kier molecular flexibility index (Phi) is 6.33. The molecule has 13 heteroatoms. The van der Waals surface area contributed by atoms with Gasteiger partial charge in [0.15, 0.2) is 6.10 Å². The summed E-state index contributed by atoms with van der Waals surface area (Å²) in [6, 6.07) is 0. The van der Waals surface area contributed by atoms with Gasteiger partial charge in [-0.05, 0) is 37.2 Å². The van der Waals surface area contributed by atoms with Gasteiger partial charge in [0.05, 0.1) is 32.3 Å². The fourth-order valence-electron chi connectivity index (χ4n) is 8.46. The first-order valence-electron chi connectivity index (χ1n) is 14.1. The van der Waals surface area contributed by atoms with Gasteiger partial charge in [0.1, 0.15) is 35.6 Å². The number of cyclic esters (lactones) is 1. The molecule has 224 valence electrons. The third kappa shape index (κ3) is 3.81. The van der Waals surface area contributed by atoms with Crippen molar-refractivity contribution in [1.82, 2.24) is 0 Å². The first-order valence-corrected chi connectivity index (χ1v) is 14.1. The van der Waals surface area contributed by atoms with Crippen LogP contribution in [0.25, 0.3) is 0 Å². The van der Waals surface area contributed by atoms with E-state index in [9.17, 15) is 29.1 Å². The molecule has 4 fully saturated rings. The summed E-state index contributed by atoms with van der Waals surface area (Å²) in [4.78, 5) is 59.4.